The Balaban J connectivity index is 1.28. The van der Waals surface area contributed by atoms with Gasteiger partial charge in [0.1, 0.15) is 22.8 Å². The fourth-order valence-corrected chi connectivity index (χ4v) is 5.39. The van der Waals surface area contributed by atoms with Crippen molar-refractivity contribution in [1.29, 1.82) is 0 Å². The van der Waals surface area contributed by atoms with Crippen molar-refractivity contribution in [2.24, 2.45) is 17.8 Å². The van der Waals surface area contributed by atoms with Gasteiger partial charge in [-0.3, -0.25) is 9.59 Å². The summed E-state index contributed by atoms with van der Waals surface area (Å²) in [7, 11) is 3.21. The molecular formula is C24H25NO5. The van der Waals surface area contributed by atoms with E-state index < -0.39 is 5.60 Å². The van der Waals surface area contributed by atoms with Gasteiger partial charge in [0.05, 0.1) is 26.2 Å². The van der Waals surface area contributed by atoms with Gasteiger partial charge in [0.15, 0.2) is 5.78 Å². The molecule has 4 atom stereocenters. The number of nitrogens with one attached hydrogen (secondary N) is 1. The Morgan fingerprint density at radius 3 is 2.63 bits per heavy atom. The van der Waals surface area contributed by atoms with Crippen molar-refractivity contribution >= 4 is 11.7 Å². The lowest BCUT2D eigenvalue weighted by atomic mass is 9.84. The van der Waals surface area contributed by atoms with E-state index in [0.717, 1.165) is 18.4 Å². The number of carbonyl (C=O) groups excluding carboxylic acids is 2. The molecule has 0 aromatic heterocycles. The number of methoxy groups -OCH3 is 2. The van der Waals surface area contributed by atoms with Crippen molar-refractivity contribution < 1.29 is 23.8 Å². The lowest BCUT2D eigenvalue weighted by molar-refractivity contribution is -0.124. The van der Waals surface area contributed by atoms with E-state index >= 15 is 0 Å². The molecule has 1 N–H and O–H groups in total. The molecule has 5 rings (SSSR count). The van der Waals surface area contributed by atoms with E-state index in [0.29, 0.717) is 41.7 Å². The Morgan fingerprint density at radius 1 is 1.17 bits per heavy atom. The van der Waals surface area contributed by atoms with E-state index in [2.05, 4.69) is 5.32 Å². The fraction of sp³-hybridized carbons (Fsp3) is 0.417. The van der Waals surface area contributed by atoms with Crippen LogP contribution in [0, 0.1) is 17.8 Å². The number of ether oxygens (including phenoxy) is 3. The van der Waals surface area contributed by atoms with Crippen LogP contribution in [0.25, 0.3) is 0 Å². The lowest BCUT2D eigenvalue weighted by Crippen LogP contribution is -2.44. The van der Waals surface area contributed by atoms with Gasteiger partial charge in [0.25, 0.3) is 0 Å². The van der Waals surface area contributed by atoms with Crippen LogP contribution in [0.4, 0.5) is 0 Å². The molecule has 1 amide bonds. The van der Waals surface area contributed by atoms with E-state index in [1.165, 1.54) is 0 Å². The molecule has 0 unspecified atom stereocenters. The summed E-state index contributed by atoms with van der Waals surface area (Å²) in [4.78, 5) is 25.7. The average molecular weight is 407 g/mol. The number of ketones is 1. The van der Waals surface area contributed by atoms with E-state index in [1.807, 2.05) is 36.4 Å². The number of amides is 1. The van der Waals surface area contributed by atoms with Crippen LogP contribution >= 0.6 is 0 Å². The van der Waals surface area contributed by atoms with Crippen molar-refractivity contribution in [2.75, 3.05) is 14.2 Å². The molecule has 2 aromatic carbocycles. The minimum absolute atomic E-state index is 0.0285. The summed E-state index contributed by atoms with van der Waals surface area (Å²) >= 11 is 0. The van der Waals surface area contributed by atoms with E-state index in [-0.39, 0.29) is 23.5 Å². The highest BCUT2D eigenvalue weighted by Gasteiger charge is 2.70. The Bertz CT molecular complexity index is 996. The highest BCUT2D eigenvalue weighted by atomic mass is 16.5. The first-order chi connectivity index (χ1) is 14.5. The molecule has 156 valence electrons. The van der Waals surface area contributed by atoms with E-state index in [9.17, 15) is 9.59 Å². The van der Waals surface area contributed by atoms with Gasteiger partial charge in [-0.15, -0.1) is 0 Å². The van der Waals surface area contributed by atoms with Crippen LogP contribution in [0.3, 0.4) is 0 Å². The number of rotatable bonds is 5. The molecule has 1 heterocycles. The fourth-order valence-electron chi connectivity index (χ4n) is 5.39. The molecule has 2 aliphatic carbocycles. The topological polar surface area (TPSA) is 73.9 Å². The standard InChI is InChI=1S/C24H25NO5/c1-28-15-9-14(10-16(11-15)29-2)13-25-23(27)21-18-7-8-24(22(18)21)12-19(26)17-5-3-4-6-20(17)30-24/h3-6,9-11,18,21-22H,7-8,12-13H2,1-2H3,(H,25,27)/t18-,21-,22+,24-/m1/s1. The molecule has 3 aliphatic rings. The third-order valence-corrected chi connectivity index (χ3v) is 6.82. The maximum absolute atomic E-state index is 12.9. The minimum Gasteiger partial charge on any atom is -0.497 e. The van der Waals surface area contributed by atoms with Crippen LogP contribution in [0.15, 0.2) is 42.5 Å². The predicted octanol–water partition coefficient (Wildman–Crippen LogP) is 3.38. The van der Waals surface area contributed by atoms with Crippen molar-refractivity contribution in [1.82, 2.24) is 5.32 Å². The van der Waals surface area contributed by atoms with Crippen molar-refractivity contribution in [3.63, 3.8) is 0 Å². The van der Waals surface area contributed by atoms with Crippen LogP contribution < -0.4 is 19.5 Å². The third-order valence-electron chi connectivity index (χ3n) is 6.82. The zero-order valence-electron chi connectivity index (χ0n) is 17.1. The number of hydrogen-bond acceptors (Lipinski definition) is 5. The predicted molar refractivity (Wildman–Crippen MR) is 110 cm³/mol. The lowest BCUT2D eigenvalue weighted by Gasteiger charge is -2.37. The molecule has 2 fully saturated rings. The molecule has 6 heteroatoms. The Kier molecular flexibility index (Phi) is 4.45. The number of carbonyl (C=O) groups is 2. The molecule has 1 spiro atoms. The summed E-state index contributed by atoms with van der Waals surface area (Å²) in [5.41, 5.74) is 1.04. The second-order valence-corrected chi connectivity index (χ2v) is 8.46. The Morgan fingerprint density at radius 2 is 1.90 bits per heavy atom. The van der Waals surface area contributed by atoms with Crippen LogP contribution in [0.1, 0.15) is 35.2 Å². The van der Waals surface area contributed by atoms with Crippen molar-refractivity contribution in [3.8, 4) is 17.2 Å². The third kappa shape index (κ3) is 3.02. The number of hydrogen-bond donors (Lipinski definition) is 1. The monoisotopic (exact) mass is 407 g/mol. The molecule has 0 radical (unpaired) electrons. The van der Waals surface area contributed by atoms with Gasteiger partial charge in [0.2, 0.25) is 5.91 Å². The van der Waals surface area contributed by atoms with Crippen LogP contribution in [-0.4, -0.2) is 31.5 Å². The van der Waals surface area contributed by atoms with Crippen molar-refractivity contribution in [2.45, 2.75) is 31.4 Å². The second-order valence-electron chi connectivity index (χ2n) is 8.46. The second kappa shape index (κ2) is 7.04. The minimum atomic E-state index is -0.530. The molecule has 1 aliphatic heterocycles. The highest BCUT2D eigenvalue weighted by molar-refractivity contribution is 6.00. The van der Waals surface area contributed by atoms with Gasteiger partial charge in [0, 0.05) is 24.4 Å². The highest BCUT2D eigenvalue weighted by Crippen LogP contribution is 2.65. The molecule has 0 saturated heterocycles. The number of Topliss-reactive ketones (excluding diaryl/α,β-unsaturated/α-hetero) is 1. The summed E-state index contributed by atoms with van der Waals surface area (Å²) < 4.78 is 17.0. The van der Waals surface area contributed by atoms with Crippen LogP contribution in [0.2, 0.25) is 0 Å². The van der Waals surface area contributed by atoms with Gasteiger partial charge in [-0.25, -0.2) is 0 Å². The quantitative estimate of drug-likeness (QED) is 0.823. The zero-order chi connectivity index (χ0) is 20.9. The first kappa shape index (κ1) is 19.0. The smallest absolute Gasteiger partial charge is 0.224 e. The van der Waals surface area contributed by atoms with E-state index in [4.69, 9.17) is 14.2 Å². The van der Waals surface area contributed by atoms with Gasteiger partial charge < -0.3 is 19.5 Å². The molecule has 2 saturated carbocycles. The molecule has 30 heavy (non-hydrogen) atoms. The van der Waals surface area contributed by atoms with Gasteiger partial charge >= 0.3 is 0 Å². The first-order valence-corrected chi connectivity index (χ1v) is 10.4. The normalized spacial score (nSPS) is 28.3. The molecule has 2 aromatic rings. The first-order valence-electron chi connectivity index (χ1n) is 10.4. The van der Waals surface area contributed by atoms with Gasteiger partial charge in [-0.2, -0.15) is 0 Å². The molecular weight excluding hydrogens is 382 g/mol. The van der Waals surface area contributed by atoms with Gasteiger partial charge in [-0.05, 0) is 48.6 Å². The summed E-state index contributed by atoms with van der Waals surface area (Å²) in [5, 5.41) is 3.05. The summed E-state index contributed by atoms with van der Waals surface area (Å²) in [5.74, 6) is 2.49. The Hall–Kier alpha value is -3.02. The summed E-state index contributed by atoms with van der Waals surface area (Å²) in [6, 6.07) is 13.0. The maximum atomic E-state index is 12.9. The number of para-hydroxylation sites is 1. The van der Waals surface area contributed by atoms with E-state index in [1.54, 1.807) is 20.3 Å². The average Bonchev–Trinajstić information content (AvgIpc) is 3.42. The SMILES string of the molecule is COc1cc(CNC(=O)[C@@H]2[C@H]3CC[C@@]4(CC(=O)c5ccccc5O4)[C@@H]32)cc(OC)c1. The molecule has 0 bridgehead atoms. The largest absolute Gasteiger partial charge is 0.497 e. The Labute approximate surface area is 175 Å². The van der Waals surface area contributed by atoms with Gasteiger partial charge in [-0.1, -0.05) is 12.1 Å². The molecule has 6 nitrogen and oxygen atoms in total. The zero-order valence-corrected chi connectivity index (χ0v) is 17.1. The maximum Gasteiger partial charge on any atom is 0.224 e. The number of fused-ring (bicyclic) bond motifs is 3. The van der Waals surface area contributed by atoms with Crippen LogP contribution in [-0.2, 0) is 11.3 Å². The number of benzene rings is 2. The summed E-state index contributed by atoms with van der Waals surface area (Å²) in [6.45, 7) is 0.401. The van der Waals surface area contributed by atoms with Crippen LogP contribution in [0.5, 0.6) is 17.2 Å². The van der Waals surface area contributed by atoms with Crippen molar-refractivity contribution in [3.05, 3.63) is 53.6 Å². The summed E-state index contributed by atoms with van der Waals surface area (Å²) in [6.07, 6.45) is 2.12.